The molecule has 0 amide bonds. The SMILES string of the molecule is COC(=O)C1(O)CCN(CCCOc2cccc(-c3cccc(COc4cc(OCc5cncc(C#N)c5)c(CN5CCC(O)(C(=O)O)CC5)cc4Cl)c3C)c2C)CC1. The van der Waals surface area contributed by atoms with Crippen LogP contribution in [0.25, 0.3) is 11.1 Å². The lowest BCUT2D eigenvalue weighted by Gasteiger charge is -2.36. The summed E-state index contributed by atoms with van der Waals surface area (Å²) in [7, 11) is 1.30. The van der Waals surface area contributed by atoms with Gasteiger partial charge in [0.25, 0.3) is 0 Å². The van der Waals surface area contributed by atoms with E-state index in [9.17, 15) is 30.2 Å². The smallest absolute Gasteiger partial charge is 0.337 e. The molecule has 312 valence electrons. The van der Waals surface area contributed by atoms with Crippen LogP contribution in [0.15, 0.2) is 67.0 Å². The van der Waals surface area contributed by atoms with Gasteiger partial charge in [-0.2, -0.15) is 5.26 Å². The highest BCUT2D eigenvalue weighted by Crippen LogP contribution is 2.37. The molecular formula is C45H51ClN4O9. The number of carboxylic acid groups (broad SMARTS) is 1. The average molecular weight is 827 g/mol. The van der Waals surface area contributed by atoms with Crippen molar-refractivity contribution in [3.8, 4) is 34.4 Å². The number of carbonyl (C=O) groups is 2. The number of rotatable bonds is 16. The first-order valence-electron chi connectivity index (χ1n) is 19.8. The third kappa shape index (κ3) is 10.5. The molecule has 0 radical (unpaired) electrons. The predicted octanol–water partition coefficient (Wildman–Crippen LogP) is 6.23. The summed E-state index contributed by atoms with van der Waals surface area (Å²) in [5.74, 6) is -0.0325. The lowest BCUT2D eigenvalue weighted by Crippen LogP contribution is -2.50. The minimum absolute atomic E-state index is 0.100. The van der Waals surface area contributed by atoms with Crippen molar-refractivity contribution in [3.63, 3.8) is 0 Å². The van der Waals surface area contributed by atoms with Gasteiger partial charge in [0.2, 0.25) is 0 Å². The van der Waals surface area contributed by atoms with E-state index < -0.39 is 23.1 Å². The van der Waals surface area contributed by atoms with Crippen molar-refractivity contribution in [1.82, 2.24) is 14.8 Å². The molecule has 3 N–H and O–H groups in total. The zero-order valence-electron chi connectivity index (χ0n) is 33.7. The molecule has 59 heavy (non-hydrogen) atoms. The van der Waals surface area contributed by atoms with Crippen LogP contribution < -0.4 is 14.2 Å². The molecule has 0 saturated carbocycles. The number of halogens is 1. The quantitative estimate of drug-likeness (QED) is 0.0858. The molecule has 2 aliphatic rings. The van der Waals surface area contributed by atoms with Crippen molar-refractivity contribution < 1.29 is 43.9 Å². The molecule has 0 spiro atoms. The Morgan fingerprint density at radius 3 is 2.17 bits per heavy atom. The van der Waals surface area contributed by atoms with Gasteiger partial charge in [0.05, 0.1) is 24.3 Å². The molecule has 13 nitrogen and oxygen atoms in total. The fourth-order valence-corrected chi connectivity index (χ4v) is 7.87. The number of pyridine rings is 1. The highest BCUT2D eigenvalue weighted by molar-refractivity contribution is 6.32. The Balaban J connectivity index is 1.12. The van der Waals surface area contributed by atoms with Crippen LogP contribution >= 0.6 is 11.6 Å². The second kappa shape index (κ2) is 19.2. The number of piperidine rings is 2. The third-order valence-electron chi connectivity index (χ3n) is 11.4. The molecule has 1 aromatic heterocycles. The number of ether oxygens (including phenoxy) is 4. The maximum Gasteiger partial charge on any atom is 0.337 e. The second-order valence-corrected chi connectivity index (χ2v) is 15.8. The van der Waals surface area contributed by atoms with E-state index >= 15 is 0 Å². The first-order chi connectivity index (χ1) is 28.3. The molecule has 2 aliphatic heterocycles. The zero-order chi connectivity index (χ0) is 42.2. The summed E-state index contributed by atoms with van der Waals surface area (Å²) in [5.41, 5.74) is 3.89. The van der Waals surface area contributed by atoms with Gasteiger partial charge in [0, 0.05) is 68.9 Å². The molecule has 0 atom stereocenters. The summed E-state index contributed by atoms with van der Waals surface area (Å²) in [6, 6.07) is 19.5. The number of aliphatic carboxylic acids is 1. The minimum atomic E-state index is -1.74. The van der Waals surface area contributed by atoms with Crippen molar-refractivity contribution in [2.45, 2.75) is 76.9 Å². The van der Waals surface area contributed by atoms with Crippen LogP contribution in [0.5, 0.6) is 17.2 Å². The molecule has 2 fully saturated rings. The van der Waals surface area contributed by atoms with Crippen molar-refractivity contribution >= 4 is 23.5 Å². The van der Waals surface area contributed by atoms with Crippen LogP contribution in [-0.4, -0.2) is 99.7 Å². The number of likely N-dealkylation sites (tertiary alicyclic amines) is 2. The third-order valence-corrected chi connectivity index (χ3v) is 11.7. The largest absolute Gasteiger partial charge is 0.493 e. The Hall–Kier alpha value is -5.23. The van der Waals surface area contributed by atoms with E-state index in [-0.39, 0.29) is 26.1 Å². The lowest BCUT2D eigenvalue weighted by molar-refractivity contribution is -0.167. The van der Waals surface area contributed by atoms with Gasteiger partial charge in [-0.15, -0.1) is 0 Å². The summed E-state index contributed by atoms with van der Waals surface area (Å²) in [6.07, 6.45) is 4.82. The maximum atomic E-state index is 11.9. The molecule has 0 aliphatic carbocycles. The van der Waals surface area contributed by atoms with Crippen molar-refractivity contribution in [2.75, 3.05) is 46.4 Å². The Morgan fingerprint density at radius 2 is 1.47 bits per heavy atom. The van der Waals surface area contributed by atoms with Crippen molar-refractivity contribution in [2.24, 2.45) is 0 Å². The number of esters is 1. The number of hydrogen-bond acceptors (Lipinski definition) is 12. The number of benzene rings is 3. The number of nitriles is 1. The van der Waals surface area contributed by atoms with E-state index in [4.69, 9.17) is 30.5 Å². The molecule has 3 aromatic carbocycles. The fraction of sp³-hybridized carbons (Fsp3) is 0.422. The molecule has 3 heterocycles. The highest BCUT2D eigenvalue weighted by atomic mass is 35.5. The van der Waals surface area contributed by atoms with Gasteiger partial charge in [-0.25, -0.2) is 9.59 Å². The van der Waals surface area contributed by atoms with Crippen LogP contribution in [-0.2, 0) is 34.1 Å². The molecule has 0 bridgehead atoms. The van der Waals surface area contributed by atoms with E-state index in [1.807, 2.05) is 24.3 Å². The van der Waals surface area contributed by atoms with E-state index in [1.165, 1.54) is 13.3 Å². The van der Waals surface area contributed by atoms with Crippen LogP contribution in [0.1, 0.15) is 65.5 Å². The van der Waals surface area contributed by atoms with Gasteiger partial charge < -0.3 is 39.2 Å². The summed E-state index contributed by atoms with van der Waals surface area (Å²) in [5, 5.41) is 40.2. The number of nitrogens with zero attached hydrogens (tertiary/aromatic N) is 4. The number of aromatic nitrogens is 1. The summed E-state index contributed by atoms with van der Waals surface area (Å²) < 4.78 is 23.7. The fourth-order valence-electron chi connectivity index (χ4n) is 7.63. The lowest BCUT2D eigenvalue weighted by atomic mass is 9.91. The topological polar surface area (TPSA) is 175 Å². The van der Waals surface area contributed by atoms with Crippen LogP contribution in [0, 0.1) is 25.2 Å². The average Bonchev–Trinajstić information content (AvgIpc) is 3.24. The highest BCUT2D eigenvalue weighted by Gasteiger charge is 2.41. The van der Waals surface area contributed by atoms with Crippen molar-refractivity contribution in [1.29, 1.82) is 5.26 Å². The van der Waals surface area contributed by atoms with Gasteiger partial charge in [0.15, 0.2) is 11.2 Å². The Labute approximate surface area is 349 Å². The Bertz CT molecular complexity index is 2180. The van der Waals surface area contributed by atoms with Gasteiger partial charge in [-0.05, 0) is 92.0 Å². The molecule has 6 rings (SSSR count). The molecular weight excluding hydrogens is 776 g/mol. The minimum Gasteiger partial charge on any atom is -0.493 e. The van der Waals surface area contributed by atoms with Crippen LogP contribution in [0.3, 0.4) is 0 Å². The van der Waals surface area contributed by atoms with E-state index in [1.54, 1.807) is 24.4 Å². The number of carbonyl (C=O) groups excluding carboxylic acids is 1. The first kappa shape index (κ1) is 43.4. The van der Waals surface area contributed by atoms with E-state index in [2.05, 4.69) is 46.8 Å². The Kier molecular flexibility index (Phi) is 14.1. The zero-order valence-corrected chi connectivity index (χ0v) is 34.5. The second-order valence-electron chi connectivity index (χ2n) is 15.4. The van der Waals surface area contributed by atoms with Gasteiger partial charge in [-0.1, -0.05) is 41.9 Å². The monoisotopic (exact) mass is 826 g/mol. The predicted molar refractivity (Wildman–Crippen MR) is 220 cm³/mol. The first-order valence-corrected chi connectivity index (χ1v) is 20.1. The van der Waals surface area contributed by atoms with E-state index in [0.29, 0.717) is 79.8 Å². The van der Waals surface area contributed by atoms with Gasteiger partial charge >= 0.3 is 11.9 Å². The van der Waals surface area contributed by atoms with Gasteiger partial charge in [-0.3, -0.25) is 9.88 Å². The van der Waals surface area contributed by atoms with Crippen LogP contribution in [0.2, 0.25) is 5.02 Å². The standard InChI is InChI=1S/C45H51ClN4O9/c1-30-34(7-4-8-36(30)37-9-5-10-39(31(37)2)57-20-6-15-49-16-13-45(55,14-17-49)43(53)56-3)29-59-41-23-40(58-28-33-21-32(24-47)25-48-26-33)35(22-38(41)46)27-50-18-11-44(54,12-19-50)42(51)52/h4-5,7-10,21-23,25-26,54-55H,6,11-20,27-29H2,1-3H3,(H,51,52). The van der Waals surface area contributed by atoms with Gasteiger partial charge in [0.1, 0.15) is 36.5 Å². The molecule has 14 heteroatoms. The van der Waals surface area contributed by atoms with E-state index in [0.717, 1.165) is 52.1 Å². The Morgan fingerprint density at radius 1 is 0.814 bits per heavy atom. The normalized spacial score (nSPS) is 16.5. The number of carboxylic acids is 1. The molecule has 0 unspecified atom stereocenters. The number of methoxy groups -OCH3 is 1. The summed E-state index contributed by atoms with van der Waals surface area (Å²) in [6.45, 7) is 8.20. The summed E-state index contributed by atoms with van der Waals surface area (Å²) >= 11 is 6.85. The van der Waals surface area contributed by atoms with Crippen molar-refractivity contribution in [3.05, 3.63) is 105 Å². The van der Waals surface area contributed by atoms with Crippen LogP contribution in [0.4, 0.5) is 0 Å². The number of aliphatic hydroxyl groups is 2. The number of hydrogen-bond donors (Lipinski definition) is 3. The molecule has 4 aromatic rings. The maximum absolute atomic E-state index is 11.9. The summed E-state index contributed by atoms with van der Waals surface area (Å²) in [4.78, 5) is 32.0. The molecule has 2 saturated heterocycles.